The molecule has 3 nitrogen and oxygen atoms in total. The number of pyridine rings is 1. The highest BCUT2D eigenvalue weighted by atomic mass is 32.2. The van der Waals surface area contributed by atoms with Crippen LogP contribution in [0.5, 0.6) is 0 Å². The zero-order chi connectivity index (χ0) is 12.5. The summed E-state index contributed by atoms with van der Waals surface area (Å²) in [5.41, 5.74) is 9.21. The molecule has 2 rings (SSSR count). The summed E-state index contributed by atoms with van der Waals surface area (Å²) in [5.74, 6) is 1.86. The maximum absolute atomic E-state index is 5.95. The fourth-order valence-electron chi connectivity index (χ4n) is 1.64. The zero-order valence-corrected chi connectivity index (χ0v) is 11.4. The molecule has 4 heteroatoms. The normalized spacial score (nSPS) is 12.2. The Balaban J connectivity index is 2.05. The van der Waals surface area contributed by atoms with Gasteiger partial charge in [0.2, 0.25) is 0 Å². The van der Waals surface area contributed by atoms with Gasteiger partial charge in [0.15, 0.2) is 0 Å². The van der Waals surface area contributed by atoms with Crippen LogP contribution >= 0.6 is 11.8 Å². The number of imidazole rings is 1. The van der Waals surface area contributed by atoms with Gasteiger partial charge in [-0.05, 0) is 32.4 Å². The van der Waals surface area contributed by atoms with Crippen LogP contribution in [-0.2, 0) is 5.75 Å². The minimum Gasteiger partial charge on any atom is -0.325 e. The molecule has 0 aliphatic carbocycles. The highest BCUT2D eigenvalue weighted by Crippen LogP contribution is 2.16. The topological polar surface area (TPSA) is 43.3 Å². The highest BCUT2D eigenvalue weighted by Gasteiger charge is 2.11. The van der Waals surface area contributed by atoms with Crippen LogP contribution in [0.2, 0.25) is 0 Å². The van der Waals surface area contributed by atoms with Gasteiger partial charge in [-0.2, -0.15) is 11.8 Å². The van der Waals surface area contributed by atoms with Gasteiger partial charge in [0.1, 0.15) is 5.65 Å². The van der Waals surface area contributed by atoms with Crippen molar-refractivity contribution in [3.63, 3.8) is 0 Å². The molecule has 0 bridgehead atoms. The predicted molar refractivity (Wildman–Crippen MR) is 74.4 cm³/mol. The van der Waals surface area contributed by atoms with E-state index < -0.39 is 0 Å². The van der Waals surface area contributed by atoms with E-state index in [1.54, 1.807) is 0 Å². The van der Waals surface area contributed by atoms with E-state index in [4.69, 9.17) is 5.73 Å². The Kier molecular flexibility index (Phi) is 3.45. The minimum atomic E-state index is -0.111. The number of fused-ring (bicyclic) bond motifs is 1. The predicted octanol–water partition coefficient (Wildman–Crippen LogP) is 2.61. The Morgan fingerprint density at radius 2 is 2.12 bits per heavy atom. The molecule has 0 spiro atoms. The number of aromatic nitrogens is 2. The molecule has 0 amide bonds. The fourth-order valence-corrected chi connectivity index (χ4v) is 2.62. The fraction of sp³-hybridized carbons (Fsp3) is 0.462. The second-order valence-electron chi connectivity index (χ2n) is 5.19. The Hall–Kier alpha value is -1.00. The van der Waals surface area contributed by atoms with Gasteiger partial charge >= 0.3 is 0 Å². The van der Waals surface area contributed by atoms with Gasteiger partial charge in [0.25, 0.3) is 0 Å². The molecule has 0 fully saturated rings. The first-order valence-corrected chi connectivity index (χ1v) is 6.90. The van der Waals surface area contributed by atoms with E-state index in [1.165, 1.54) is 5.56 Å². The van der Waals surface area contributed by atoms with E-state index in [2.05, 4.69) is 40.8 Å². The third-order valence-electron chi connectivity index (χ3n) is 2.37. The van der Waals surface area contributed by atoms with E-state index in [1.807, 2.05) is 25.6 Å². The first-order valence-electron chi connectivity index (χ1n) is 5.75. The second kappa shape index (κ2) is 4.70. The van der Waals surface area contributed by atoms with Crippen LogP contribution in [0.1, 0.15) is 25.1 Å². The summed E-state index contributed by atoms with van der Waals surface area (Å²) >= 11 is 1.83. The molecule has 2 aromatic rings. The maximum atomic E-state index is 5.95. The first-order chi connectivity index (χ1) is 7.94. The Bertz CT molecular complexity index is 511. The van der Waals surface area contributed by atoms with Crippen molar-refractivity contribution in [3.8, 4) is 0 Å². The van der Waals surface area contributed by atoms with Crippen LogP contribution < -0.4 is 5.73 Å². The van der Waals surface area contributed by atoms with Crippen LogP contribution in [-0.4, -0.2) is 20.7 Å². The second-order valence-corrected chi connectivity index (χ2v) is 6.17. The average molecular weight is 249 g/mol. The van der Waals surface area contributed by atoms with Crippen LogP contribution in [0.3, 0.4) is 0 Å². The van der Waals surface area contributed by atoms with E-state index in [9.17, 15) is 0 Å². The zero-order valence-electron chi connectivity index (χ0n) is 10.6. The third-order valence-corrected chi connectivity index (χ3v) is 3.82. The summed E-state index contributed by atoms with van der Waals surface area (Å²) in [7, 11) is 0. The SMILES string of the molecule is Cc1ccc2nc(CSCC(C)(C)N)cn2c1. The van der Waals surface area contributed by atoms with Crippen molar-refractivity contribution in [2.45, 2.75) is 32.1 Å². The van der Waals surface area contributed by atoms with Gasteiger partial charge in [-0.3, -0.25) is 0 Å². The summed E-state index contributed by atoms with van der Waals surface area (Å²) in [4.78, 5) is 4.57. The van der Waals surface area contributed by atoms with Crippen molar-refractivity contribution in [1.82, 2.24) is 9.38 Å². The monoisotopic (exact) mass is 249 g/mol. The number of hydrogen-bond donors (Lipinski definition) is 1. The van der Waals surface area contributed by atoms with Gasteiger partial charge in [-0.1, -0.05) is 6.07 Å². The third kappa shape index (κ3) is 3.48. The molecule has 0 unspecified atom stereocenters. The van der Waals surface area contributed by atoms with E-state index in [-0.39, 0.29) is 5.54 Å². The lowest BCUT2D eigenvalue weighted by Crippen LogP contribution is -2.34. The van der Waals surface area contributed by atoms with Gasteiger partial charge in [-0.15, -0.1) is 0 Å². The highest BCUT2D eigenvalue weighted by molar-refractivity contribution is 7.98. The molecule has 2 heterocycles. The lowest BCUT2D eigenvalue weighted by atomic mass is 10.1. The number of nitrogens with zero attached hydrogens (tertiary/aromatic N) is 2. The van der Waals surface area contributed by atoms with Gasteiger partial charge in [0.05, 0.1) is 5.69 Å². The molecule has 0 radical (unpaired) electrons. The lowest BCUT2D eigenvalue weighted by molar-refractivity contribution is 0.591. The summed E-state index contributed by atoms with van der Waals surface area (Å²) in [6, 6.07) is 4.14. The molecular weight excluding hydrogens is 230 g/mol. The molecule has 0 aliphatic rings. The average Bonchev–Trinajstić information content (AvgIpc) is 2.57. The van der Waals surface area contributed by atoms with Crippen molar-refractivity contribution < 1.29 is 0 Å². The standard InChI is InChI=1S/C13H19N3S/c1-10-4-5-12-15-11(7-16(12)6-10)8-17-9-13(2,3)14/h4-7H,8-9,14H2,1-3H3. The van der Waals surface area contributed by atoms with Crippen LogP contribution in [0, 0.1) is 6.92 Å². The van der Waals surface area contributed by atoms with Crippen molar-refractivity contribution in [1.29, 1.82) is 0 Å². The Morgan fingerprint density at radius 1 is 1.35 bits per heavy atom. The van der Waals surface area contributed by atoms with Gasteiger partial charge in [-0.25, -0.2) is 4.98 Å². The quantitative estimate of drug-likeness (QED) is 0.906. The smallest absolute Gasteiger partial charge is 0.137 e. The van der Waals surface area contributed by atoms with Crippen LogP contribution in [0.25, 0.3) is 5.65 Å². The lowest BCUT2D eigenvalue weighted by Gasteiger charge is -2.16. The summed E-state index contributed by atoms with van der Waals surface area (Å²) in [6.45, 7) is 6.19. The summed E-state index contributed by atoms with van der Waals surface area (Å²) < 4.78 is 2.08. The van der Waals surface area contributed by atoms with Crippen LogP contribution in [0.15, 0.2) is 24.5 Å². The minimum absolute atomic E-state index is 0.111. The molecule has 0 aromatic carbocycles. The van der Waals surface area contributed by atoms with E-state index in [0.29, 0.717) is 0 Å². The number of aryl methyl sites for hydroxylation is 1. The number of rotatable bonds is 4. The molecule has 2 aromatic heterocycles. The number of thioether (sulfide) groups is 1. The van der Waals surface area contributed by atoms with Gasteiger partial charge < -0.3 is 10.1 Å². The Labute approximate surface area is 106 Å². The molecule has 0 saturated carbocycles. The van der Waals surface area contributed by atoms with Crippen molar-refractivity contribution >= 4 is 17.4 Å². The molecule has 0 atom stereocenters. The first kappa shape index (κ1) is 12.5. The van der Waals surface area contributed by atoms with Crippen LogP contribution in [0.4, 0.5) is 0 Å². The Morgan fingerprint density at radius 3 is 2.82 bits per heavy atom. The van der Waals surface area contributed by atoms with E-state index >= 15 is 0 Å². The largest absolute Gasteiger partial charge is 0.325 e. The molecule has 17 heavy (non-hydrogen) atoms. The summed E-state index contributed by atoms with van der Waals surface area (Å²) in [5, 5.41) is 0. The molecule has 0 aliphatic heterocycles. The van der Waals surface area contributed by atoms with Gasteiger partial charge in [0, 0.05) is 29.4 Å². The molecular formula is C13H19N3S. The van der Waals surface area contributed by atoms with E-state index in [0.717, 1.165) is 22.8 Å². The molecule has 0 saturated heterocycles. The molecule has 2 N–H and O–H groups in total. The summed E-state index contributed by atoms with van der Waals surface area (Å²) in [6.07, 6.45) is 4.20. The van der Waals surface area contributed by atoms with Crippen molar-refractivity contribution in [2.75, 3.05) is 5.75 Å². The maximum Gasteiger partial charge on any atom is 0.137 e. The van der Waals surface area contributed by atoms with Crippen molar-refractivity contribution in [3.05, 3.63) is 35.8 Å². The molecule has 92 valence electrons. The number of hydrogen-bond acceptors (Lipinski definition) is 3. The number of nitrogens with two attached hydrogens (primary N) is 1. The van der Waals surface area contributed by atoms with Crippen molar-refractivity contribution in [2.24, 2.45) is 5.73 Å².